The number of nitrogens with zero attached hydrogens (tertiary/aromatic N) is 1. The summed E-state index contributed by atoms with van der Waals surface area (Å²) in [5.41, 5.74) is 4.60. The number of rotatable bonds is 11. The van der Waals surface area contributed by atoms with Crippen molar-refractivity contribution >= 4 is 5.97 Å². The molecule has 0 amide bonds. The van der Waals surface area contributed by atoms with E-state index in [9.17, 15) is 4.79 Å². The van der Waals surface area contributed by atoms with Crippen LogP contribution < -0.4 is 0 Å². The van der Waals surface area contributed by atoms with E-state index in [1.807, 2.05) is 36.5 Å². The van der Waals surface area contributed by atoms with Gasteiger partial charge in [0, 0.05) is 24.7 Å². The van der Waals surface area contributed by atoms with Gasteiger partial charge in [-0.25, -0.2) is 0 Å². The van der Waals surface area contributed by atoms with Crippen LogP contribution in [0.25, 0.3) is 11.1 Å². The summed E-state index contributed by atoms with van der Waals surface area (Å²) in [4.78, 5) is 15.0. The monoisotopic (exact) mass is 457 g/mol. The molecule has 5 nitrogen and oxygen atoms in total. The molecule has 1 N–H and O–H groups in total. The van der Waals surface area contributed by atoms with Gasteiger partial charge in [-0.15, -0.1) is 0 Å². The Labute approximate surface area is 201 Å². The SMILES string of the molecule is O=C(O)CCC=CCC[C@@H]1[C@@H](OCc2ccc(-c3ccccc3)cc2)CO[C@H]1c1cccnc1. The number of carbonyl (C=O) groups is 1. The largest absolute Gasteiger partial charge is 0.481 e. The standard InChI is InChI=1S/C29H31NO4/c31-28(32)13-7-2-1-6-12-26-27(21-34-29(26)25-11-8-18-30-19-25)33-20-22-14-16-24(17-15-22)23-9-4-3-5-10-23/h1-5,8-11,14-19,26-27,29H,6-7,12-13,20-21H2,(H,31,32)/t26-,27+,29+/m1/s1. The first-order valence-electron chi connectivity index (χ1n) is 11.8. The van der Waals surface area contributed by atoms with Gasteiger partial charge in [-0.1, -0.05) is 72.8 Å². The first-order valence-corrected chi connectivity index (χ1v) is 11.8. The van der Waals surface area contributed by atoms with Crippen LogP contribution in [0.2, 0.25) is 0 Å². The number of pyridine rings is 1. The number of ether oxygens (including phenoxy) is 2. The van der Waals surface area contributed by atoms with Gasteiger partial charge in [-0.3, -0.25) is 9.78 Å². The molecule has 34 heavy (non-hydrogen) atoms. The summed E-state index contributed by atoms with van der Waals surface area (Å²) in [5, 5.41) is 8.79. The van der Waals surface area contributed by atoms with Crippen LogP contribution in [0.3, 0.4) is 0 Å². The molecule has 0 spiro atoms. The van der Waals surface area contributed by atoms with Crippen molar-refractivity contribution in [2.24, 2.45) is 5.92 Å². The fourth-order valence-corrected chi connectivity index (χ4v) is 4.40. The Morgan fingerprint density at radius 1 is 1.00 bits per heavy atom. The van der Waals surface area contributed by atoms with Gasteiger partial charge < -0.3 is 14.6 Å². The van der Waals surface area contributed by atoms with Crippen molar-refractivity contribution in [3.05, 3.63) is 102 Å². The summed E-state index contributed by atoms with van der Waals surface area (Å²) < 4.78 is 12.5. The smallest absolute Gasteiger partial charge is 0.303 e. The highest BCUT2D eigenvalue weighted by Gasteiger charge is 2.38. The van der Waals surface area contributed by atoms with E-state index in [4.69, 9.17) is 14.6 Å². The molecule has 1 fully saturated rings. The molecule has 1 aromatic heterocycles. The Kier molecular flexibility index (Phi) is 8.60. The van der Waals surface area contributed by atoms with Crippen molar-refractivity contribution < 1.29 is 19.4 Å². The Morgan fingerprint density at radius 2 is 1.76 bits per heavy atom. The second kappa shape index (κ2) is 12.3. The molecule has 5 heteroatoms. The highest BCUT2D eigenvalue weighted by molar-refractivity contribution is 5.66. The summed E-state index contributed by atoms with van der Waals surface area (Å²) in [7, 11) is 0. The molecule has 0 bridgehead atoms. The van der Waals surface area contributed by atoms with Gasteiger partial charge >= 0.3 is 5.97 Å². The topological polar surface area (TPSA) is 68.7 Å². The number of aromatic nitrogens is 1. The van der Waals surface area contributed by atoms with Gasteiger partial charge in [-0.2, -0.15) is 0 Å². The molecule has 2 heterocycles. The van der Waals surface area contributed by atoms with E-state index in [-0.39, 0.29) is 24.5 Å². The molecule has 176 valence electrons. The Balaban J connectivity index is 1.37. The molecule has 0 aliphatic carbocycles. The maximum atomic E-state index is 10.7. The Bertz CT molecular complexity index is 1050. The summed E-state index contributed by atoms with van der Waals surface area (Å²) in [6.07, 6.45) is 10.1. The maximum absolute atomic E-state index is 10.7. The third-order valence-electron chi connectivity index (χ3n) is 6.20. The average Bonchev–Trinajstić information content (AvgIpc) is 3.28. The quantitative estimate of drug-likeness (QED) is 0.346. The van der Waals surface area contributed by atoms with Crippen molar-refractivity contribution in [1.82, 2.24) is 4.98 Å². The summed E-state index contributed by atoms with van der Waals surface area (Å²) >= 11 is 0. The lowest BCUT2D eigenvalue weighted by atomic mass is 9.90. The van der Waals surface area contributed by atoms with Crippen LogP contribution in [0.5, 0.6) is 0 Å². The van der Waals surface area contributed by atoms with Gasteiger partial charge in [0.15, 0.2) is 0 Å². The zero-order chi connectivity index (χ0) is 23.6. The minimum absolute atomic E-state index is 0.00794. The van der Waals surface area contributed by atoms with E-state index in [1.165, 1.54) is 11.1 Å². The predicted octanol–water partition coefficient (Wildman–Crippen LogP) is 6.22. The lowest BCUT2D eigenvalue weighted by Crippen LogP contribution is -2.23. The van der Waals surface area contributed by atoms with Crippen molar-refractivity contribution in [2.45, 2.75) is 44.5 Å². The van der Waals surface area contributed by atoms with Crippen LogP contribution in [0.4, 0.5) is 0 Å². The number of benzene rings is 2. The number of hydrogen-bond donors (Lipinski definition) is 1. The fraction of sp³-hybridized carbons (Fsp3) is 0.310. The summed E-state index contributed by atoms with van der Waals surface area (Å²) in [5.74, 6) is -0.562. The second-order valence-corrected chi connectivity index (χ2v) is 8.60. The zero-order valence-corrected chi connectivity index (χ0v) is 19.3. The van der Waals surface area contributed by atoms with Crippen molar-refractivity contribution in [3.63, 3.8) is 0 Å². The average molecular weight is 458 g/mol. The number of carboxylic acid groups (broad SMARTS) is 1. The van der Waals surface area contributed by atoms with Crippen molar-refractivity contribution in [1.29, 1.82) is 0 Å². The maximum Gasteiger partial charge on any atom is 0.303 e. The zero-order valence-electron chi connectivity index (χ0n) is 19.3. The first-order chi connectivity index (χ1) is 16.7. The van der Waals surface area contributed by atoms with E-state index in [2.05, 4.69) is 53.5 Å². The molecule has 3 atom stereocenters. The van der Waals surface area contributed by atoms with Gasteiger partial charge in [0.1, 0.15) is 0 Å². The van der Waals surface area contributed by atoms with Crippen LogP contribution in [0.15, 0.2) is 91.3 Å². The third-order valence-corrected chi connectivity index (χ3v) is 6.20. The number of allylic oxidation sites excluding steroid dienone is 2. The number of hydrogen-bond acceptors (Lipinski definition) is 4. The lowest BCUT2D eigenvalue weighted by molar-refractivity contribution is -0.136. The molecule has 3 aromatic rings. The minimum atomic E-state index is -0.768. The predicted molar refractivity (Wildman–Crippen MR) is 132 cm³/mol. The molecule has 4 rings (SSSR count). The van der Waals surface area contributed by atoms with Crippen molar-refractivity contribution in [3.8, 4) is 11.1 Å². The molecular weight excluding hydrogens is 426 g/mol. The molecular formula is C29H31NO4. The van der Waals surface area contributed by atoms with Crippen LogP contribution in [-0.4, -0.2) is 28.8 Å². The normalized spacial score (nSPS) is 20.1. The third kappa shape index (κ3) is 6.62. The molecule has 1 aliphatic heterocycles. The summed E-state index contributed by atoms with van der Waals surface area (Å²) in [6.45, 7) is 1.09. The molecule has 2 aromatic carbocycles. The van der Waals surface area contributed by atoms with Crippen LogP contribution >= 0.6 is 0 Å². The van der Waals surface area contributed by atoms with Crippen molar-refractivity contribution in [2.75, 3.05) is 6.61 Å². The first kappa shape index (κ1) is 23.9. The molecule has 0 radical (unpaired) electrons. The fourth-order valence-electron chi connectivity index (χ4n) is 4.40. The van der Waals surface area contributed by atoms with Crippen LogP contribution in [0, 0.1) is 5.92 Å². The number of carboxylic acids is 1. The molecule has 1 aliphatic rings. The van der Waals surface area contributed by atoms with E-state index in [0.29, 0.717) is 19.6 Å². The highest BCUT2D eigenvalue weighted by Crippen LogP contribution is 2.39. The Morgan fingerprint density at radius 3 is 2.50 bits per heavy atom. The van der Waals surface area contributed by atoms with Crippen LogP contribution in [-0.2, 0) is 20.9 Å². The highest BCUT2D eigenvalue weighted by atomic mass is 16.6. The van der Waals surface area contributed by atoms with E-state index in [1.54, 1.807) is 6.20 Å². The van der Waals surface area contributed by atoms with E-state index < -0.39 is 5.97 Å². The second-order valence-electron chi connectivity index (χ2n) is 8.60. The minimum Gasteiger partial charge on any atom is -0.481 e. The lowest BCUT2D eigenvalue weighted by Gasteiger charge is -2.23. The van der Waals surface area contributed by atoms with Gasteiger partial charge in [0.25, 0.3) is 0 Å². The van der Waals surface area contributed by atoms with E-state index >= 15 is 0 Å². The summed E-state index contributed by atoms with van der Waals surface area (Å²) in [6, 6.07) is 22.8. The molecule has 0 saturated carbocycles. The van der Waals surface area contributed by atoms with E-state index in [0.717, 1.165) is 24.0 Å². The van der Waals surface area contributed by atoms with Gasteiger partial charge in [-0.05, 0) is 47.6 Å². The molecule has 0 unspecified atom stereocenters. The van der Waals surface area contributed by atoms with Gasteiger partial charge in [0.2, 0.25) is 0 Å². The molecule has 1 saturated heterocycles. The van der Waals surface area contributed by atoms with Crippen LogP contribution in [0.1, 0.15) is 42.9 Å². The Hall–Kier alpha value is -3.28. The van der Waals surface area contributed by atoms with Gasteiger partial charge in [0.05, 0.1) is 25.4 Å². The number of aliphatic carboxylic acids is 1.